The van der Waals surface area contributed by atoms with Crippen LogP contribution in [0, 0.1) is 6.92 Å². The van der Waals surface area contributed by atoms with Crippen LogP contribution in [0.4, 0.5) is 14.5 Å². The van der Waals surface area contributed by atoms with E-state index in [0.29, 0.717) is 17.8 Å². The molecule has 0 spiro atoms. The molecule has 0 bridgehead atoms. The van der Waals surface area contributed by atoms with Crippen molar-refractivity contribution in [3.05, 3.63) is 23.8 Å². The highest BCUT2D eigenvalue weighted by Gasteiger charge is 2.20. The highest BCUT2D eigenvalue weighted by atomic mass is 35.5. The van der Waals surface area contributed by atoms with Gasteiger partial charge in [0, 0.05) is 6.54 Å². The summed E-state index contributed by atoms with van der Waals surface area (Å²) in [5, 5.41) is 0. The molecule has 0 radical (unpaired) electrons. The molecule has 1 amide bonds. The van der Waals surface area contributed by atoms with Crippen molar-refractivity contribution in [3.63, 3.8) is 0 Å². The Labute approximate surface area is 109 Å². The van der Waals surface area contributed by atoms with Gasteiger partial charge in [0.1, 0.15) is 11.6 Å². The third-order valence-corrected chi connectivity index (χ3v) is 2.65. The van der Waals surface area contributed by atoms with Crippen LogP contribution in [0.25, 0.3) is 0 Å². The second-order valence-corrected chi connectivity index (χ2v) is 3.84. The molecule has 0 heterocycles. The van der Waals surface area contributed by atoms with Gasteiger partial charge >= 0.3 is 6.61 Å². The molecule has 1 aromatic carbocycles. The van der Waals surface area contributed by atoms with Gasteiger partial charge in [-0.1, -0.05) is 12.1 Å². The van der Waals surface area contributed by atoms with Crippen molar-refractivity contribution in [1.82, 2.24) is 0 Å². The zero-order valence-electron chi connectivity index (χ0n) is 10.1. The zero-order chi connectivity index (χ0) is 13.7. The molecule has 0 aliphatic heterocycles. The Kier molecular flexibility index (Phi) is 5.34. The second kappa shape index (κ2) is 6.54. The van der Waals surface area contributed by atoms with Crippen molar-refractivity contribution in [2.24, 2.45) is 0 Å². The molecule has 6 heteroatoms. The Bertz CT molecular complexity index is 427. The Balaban J connectivity index is 3.22. The van der Waals surface area contributed by atoms with Crippen molar-refractivity contribution >= 4 is 23.2 Å². The molecule has 0 atom stereocenters. The van der Waals surface area contributed by atoms with E-state index in [1.165, 1.54) is 11.0 Å². The predicted molar refractivity (Wildman–Crippen MR) is 66.6 cm³/mol. The third kappa shape index (κ3) is 3.32. The standard InChI is InChI=1S/C12H14ClF2NO2/c1-3-16(10(17)7-13)11-8(2)5-4-6-9(11)18-12(14)15/h4-6,12H,3,7H2,1-2H3. The molecule has 0 aliphatic carbocycles. The largest absolute Gasteiger partial charge is 0.433 e. The number of alkyl halides is 3. The van der Waals surface area contributed by atoms with Crippen molar-refractivity contribution < 1.29 is 18.3 Å². The van der Waals surface area contributed by atoms with Gasteiger partial charge in [0.25, 0.3) is 0 Å². The molecule has 0 saturated heterocycles. The lowest BCUT2D eigenvalue weighted by Gasteiger charge is -2.24. The van der Waals surface area contributed by atoms with Crippen LogP contribution in [-0.2, 0) is 4.79 Å². The van der Waals surface area contributed by atoms with Crippen LogP contribution in [-0.4, -0.2) is 24.9 Å². The molecule has 0 aromatic heterocycles. The number of anilines is 1. The first kappa shape index (κ1) is 14.7. The highest BCUT2D eigenvalue weighted by Crippen LogP contribution is 2.33. The van der Waals surface area contributed by atoms with Crippen LogP contribution in [0.2, 0.25) is 0 Å². The number of para-hydroxylation sites is 1. The number of hydrogen-bond donors (Lipinski definition) is 0. The Morgan fingerprint density at radius 1 is 1.50 bits per heavy atom. The Hall–Kier alpha value is -1.36. The van der Waals surface area contributed by atoms with Gasteiger partial charge < -0.3 is 9.64 Å². The van der Waals surface area contributed by atoms with E-state index in [4.69, 9.17) is 11.6 Å². The quantitative estimate of drug-likeness (QED) is 0.774. The minimum absolute atomic E-state index is 0.0229. The first-order chi connectivity index (χ1) is 8.51. The Morgan fingerprint density at radius 2 is 2.17 bits per heavy atom. The lowest BCUT2D eigenvalue weighted by molar-refractivity contribution is -0.116. The average molecular weight is 278 g/mol. The number of halogens is 3. The Morgan fingerprint density at radius 3 is 2.67 bits per heavy atom. The summed E-state index contributed by atoms with van der Waals surface area (Å²) in [5.41, 5.74) is 1.01. The summed E-state index contributed by atoms with van der Waals surface area (Å²) in [7, 11) is 0. The average Bonchev–Trinajstić information content (AvgIpc) is 2.32. The molecule has 0 N–H and O–H groups in total. The number of benzene rings is 1. The minimum Gasteiger partial charge on any atom is -0.433 e. The molecule has 18 heavy (non-hydrogen) atoms. The van der Waals surface area contributed by atoms with E-state index in [1.807, 2.05) is 0 Å². The number of rotatable bonds is 5. The van der Waals surface area contributed by atoms with E-state index >= 15 is 0 Å². The summed E-state index contributed by atoms with van der Waals surface area (Å²) < 4.78 is 29.1. The van der Waals surface area contributed by atoms with E-state index < -0.39 is 6.61 Å². The highest BCUT2D eigenvalue weighted by molar-refractivity contribution is 6.29. The van der Waals surface area contributed by atoms with Crippen LogP contribution >= 0.6 is 11.6 Å². The lowest BCUT2D eigenvalue weighted by Crippen LogP contribution is -2.32. The van der Waals surface area contributed by atoms with Gasteiger partial charge in [0.05, 0.1) is 5.69 Å². The monoisotopic (exact) mass is 277 g/mol. The summed E-state index contributed by atoms with van der Waals surface area (Å²) in [6.07, 6.45) is 0. The number of nitrogens with zero attached hydrogens (tertiary/aromatic N) is 1. The molecular formula is C12H14ClF2NO2. The number of ether oxygens (including phenoxy) is 1. The fraction of sp³-hybridized carbons (Fsp3) is 0.417. The van der Waals surface area contributed by atoms with E-state index in [9.17, 15) is 13.6 Å². The molecule has 1 aromatic rings. The normalized spacial score (nSPS) is 10.6. The first-order valence-corrected chi connectivity index (χ1v) is 5.95. The van der Waals surface area contributed by atoms with Gasteiger partial charge in [-0.25, -0.2) is 0 Å². The second-order valence-electron chi connectivity index (χ2n) is 3.57. The van der Waals surface area contributed by atoms with E-state index in [2.05, 4.69) is 4.74 Å². The van der Waals surface area contributed by atoms with Crippen molar-refractivity contribution in [2.45, 2.75) is 20.5 Å². The number of hydrogen-bond acceptors (Lipinski definition) is 2. The van der Waals surface area contributed by atoms with Crippen molar-refractivity contribution in [3.8, 4) is 5.75 Å². The first-order valence-electron chi connectivity index (χ1n) is 5.42. The lowest BCUT2D eigenvalue weighted by atomic mass is 10.1. The van der Waals surface area contributed by atoms with Gasteiger partial charge in [-0.05, 0) is 25.5 Å². The molecular weight excluding hydrogens is 264 g/mol. The SMILES string of the molecule is CCN(C(=O)CCl)c1c(C)cccc1OC(F)F. The number of amides is 1. The summed E-state index contributed by atoms with van der Waals surface area (Å²) in [6, 6.07) is 4.71. The van der Waals surface area contributed by atoms with Crippen LogP contribution in [0.15, 0.2) is 18.2 Å². The minimum atomic E-state index is -2.93. The van der Waals surface area contributed by atoms with Crippen molar-refractivity contribution in [1.29, 1.82) is 0 Å². The maximum Gasteiger partial charge on any atom is 0.387 e. The van der Waals surface area contributed by atoms with Crippen LogP contribution in [0.3, 0.4) is 0 Å². The number of carbonyl (C=O) groups is 1. The maximum atomic E-state index is 12.3. The summed E-state index contributed by atoms with van der Waals surface area (Å²) in [5.74, 6) is -0.589. The molecule has 100 valence electrons. The van der Waals surface area contributed by atoms with Crippen molar-refractivity contribution in [2.75, 3.05) is 17.3 Å². The third-order valence-electron chi connectivity index (χ3n) is 2.42. The van der Waals surface area contributed by atoms with E-state index in [1.54, 1.807) is 26.0 Å². The van der Waals surface area contributed by atoms with Gasteiger partial charge in [-0.3, -0.25) is 4.79 Å². The van der Waals surface area contributed by atoms with Gasteiger partial charge in [-0.15, -0.1) is 11.6 Å². The zero-order valence-corrected chi connectivity index (χ0v) is 10.9. The molecule has 0 unspecified atom stereocenters. The van der Waals surface area contributed by atoms with E-state index in [0.717, 1.165) is 0 Å². The van der Waals surface area contributed by atoms with Gasteiger partial charge in [0.2, 0.25) is 5.91 Å². The molecule has 0 fully saturated rings. The van der Waals surface area contributed by atoms with Gasteiger partial charge in [0.15, 0.2) is 0 Å². The summed E-state index contributed by atoms with van der Waals surface area (Å²) in [4.78, 5) is 13.0. The molecule has 0 saturated carbocycles. The summed E-state index contributed by atoms with van der Waals surface area (Å²) >= 11 is 5.51. The molecule has 1 rings (SSSR count). The predicted octanol–water partition coefficient (Wildman–Crippen LogP) is 3.19. The van der Waals surface area contributed by atoms with E-state index in [-0.39, 0.29) is 17.5 Å². The van der Waals surface area contributed by atoms with Crippen LogP contribution in [0.1, 0.15) is 12.5 Å². The fourth-order valence-corrected chi connectivity index (χ4v) is 1.84. The number of aryl methyl sites for hydroxylation is 1. The number of carbonyl (C=O) groups excluding carboxylic acids is 1. The van der Waals surface area contributed by atoms with Gasteiger partial charge in [-0.2, -0.15) is 8.78 Å². The van der Waals surface area contributed by atoms with Crippen LogP contribution in [0.5, 0.6) is 5.75 Å². The summed E-state index contributed by atoms with van der Waals surface area (Å²) in [6.45, 7) is 0.854. The molecule has 0 aliphatic rings. The fourth-order valence-electron chi connectivity index (χ4n) is 1.70. The van der Waals surface area contributed by atoms with Crippen LogP contribution < -0.4 is 9.64 Å². The maximum absolute atomic E-state index is 12.3. The topological polar surface area (TPSA) is 29.5 Å². The smallest absolute Gasteiger partial charge is 0.387 e. The molecule has 3 nitrogen and oxygen atoms in total.